The van der Waals surface area contributed by atoms with Gasteiger partial charge in [0.05, 0.1) is 0 Å². The maximum Gasteiger partial charge on any atom is 0.0323 e. The first kappa shape index (κ1) is 21.2. The van der Waals surface area contributed by atoms with E-state index in [-0.39, 0.29) is 6.04 Å². The van der Waals surface area contributed by atoms with E-state index in [1.54, 1.807) is 0 Å². The second kappa shape index (κ2) is 12.5. The third kappa shape index (κ3) is 7.81. The van der Waals surface area contributed by atoms with Crippen molar-refractivity contribution in [1.82, 2.24) is 5.32 Å². The summed E-state index contributed by atoms with van der Waals surface area (Å²) in [5.74, 6) is 1.40. The number of rotatable bonds is 13. The van der Waals surface area contributed by atoms with Crippen LogP contribution >= 0.6 is 0 Å². The highest BCUT2D eigenvalue weighted by Gasteiger charge is 2.18. The Morgan fingerprint density at radius 1 is 0.958 bits per heavy atom. The summed E-state index contributed by atoms with van der Waals surface area (Å²) in [4.78, 5) is 0. The Morgan fingerprint density at radius 2 is 1.67 bits per heavy atom. The molecule has 138 valence electrons. The first-order valence-corrected chi connectivity index (χ1v) is 10.2. The smallest absolute Gasteiger partial charge is 0.0323 e. The van der Waals surface area contributed by atoms with Gasteiger partial charge >= 0.3 is 0 Å². The molecule has 0 spiro atoms. The number of nitrogens with one attached hydrogen (secondary N) is 1. The minimum absolute atomic E-state index is 0.163. The Morgan fingerprint density at radius 3 is 2.25 bits per heavy atom. The summed E-state index contributed by atoms with van der Waals surface area (Å²) < 4.78 is 0. The predicted octanol–water partition coefficient (Wildman–Crippen LogP) is 5.69. The largest absolute Gasteiger partial charge is 0.324 e. The van der Waals surface area contributed by atoms with Gasteiger partial charge in [-0.05, 0) is 50.1 Å². The van der Waals surface area contributed by atoms with Gasteiger partial charge < -0.3 is 11.1 Å². The van der Waals surface area contributed by atoms with E-state index in [0.29, 0.717) is 12.0 Å². The van der Waals surface area contributed by atoms with Crippen LogP contribution < -0.4 is 11.1 Å². The van der Waals surface area contributed by atoms with E-state index in [1.165, 1.54) is 50.6 Å². The lowest BCUT2D eigenvalue weighted by Crippen LogP contribution is -2.32. The van der Waals surface area contributed by atoms with Crippen LogP contribution in [-0.2, 0) is 0 Å². The second-order valence-corrected chi connectivity index (χ2v) is 7.41. The van der Waals surface area contributed by atoms with Crippen LogP contribution in [0.25, 0.3) is 0 Å². The molecule has 0 heterocycles. The van der Waals surface area contributed by atoms with Gasteiger partial charge in [0.15, 0.2) is 0 Å². The number of unbranched alkanes of at least 4 members (excludes halogenated alkanes) is 1. The Labute approximate surface area is 150 Å². The van der Waals surface area contributed by atoms with Crippen molar-refractivity contribution in [1.29, 1.82) is 0 Å². The monoisotopic (exact) mass is 332 g/mol. The average Bonchev–Trinajstić information content (AvgIpc) is 2.63. The van der Waals surface area contributed by atoms with Gasteiger partial charge in [-0.3, -0.25) is 0 Å². The molecule has 1 aromatic rings. The van der Waals surface area contributed by atoms with Crippen LogP contribution in [0.15, 0.2) is 30.3 Å². The van der Waals surface area contributed by atoms with Gasteiger partial charge in [-0.2, -0.15) is 0 Å². The zero-order valence-electron chi connectivity index (χ0n) is 16.4. The lowest BCUT2D eigenvalue weighted by Gasteiger charge is -2.25. The fourth-order valence-corrected chi connectivity index (χ4v) is 3.46. The van der Waals surface area contributed by atoms with Crippen molar-refractivity contribution in [2.45, 2.75) is 84.7 Å². The summed E-state index contributed by atoms with van der Waals surface area (Å²) in [6.45, 7) is 10.4. The molecular formula is C22H40N2. The molecule has 4 unspecified atom stereocenters. The van der Waals surface area contributed by atoms with Crippen molar-refractivity contribution < 1.29 is 0 Å². The number of nitrogens with two attached hydrogens (primary N) is 1. The molecule has 24 heavy (non-hydrogen) atoms. The maximum atomic E-state index is 6.51. The van der Waals surface area contributed by atoms with Crippen molar-refractivity contribution in [3.63, 3.8) is 0 Å². The first-order valence-electron chi connectivity index (χ1n) is 10.2. The number of hydrogen-bond acceptors (Lipinski definition) is 2. The molecule has 0 bridgehead atoms. The molecule has 0 amide bonds. The average molecular weight is 333 g/mol. The van der Waals surface area contributed by atoms with Gasteiger partial charge in [-0.25, -0.2) is 0 Å². The van der Waals surface area contributed by atoms with E-state index in [4.69, 9.17) is 5.73 Å². The highest BCUT2D eigenvalue weighted by molar-refractivity contribution is 5.19. The van der Waals surface area contributed by atoms with Gasteiger partial charge in [-0.15, -0.1) is 0 Å². The van der Waals surface area contributed by atoms with Crippen LogP contribution in [0.1, 0.15) is 84.2 Å². The van der Waals surface area contributed by atoms with Crippen LogP contribution in [0.5, 0.6) is 0 Å². The Balaban J connectivity index is 2.36. The molecule has 4 atom stereocenters. The van der Waals surface area contributed by atoms with Gasteiger partial charge in [0.1, 0.15) is 0 Å². The van der Waals surface area contributed by atoms with Crippen molar-refractivity contribution in [2.24, 2.45) is 17.6 Å². The highest BCUT2D eigenvalue weighted by Crippen LogP contribution is 2.26. The predicted molar refractivity (Wildman–Crippen MR) is 107 cm³/mol. The molecular weight excluding hydrogens is 292 g/mol. The molecule has 0 aliphatic rings. The van der Waals surface area contributed by atoms with Crippen LogP contribution in [0.2, 0.25) is 0 Å². The van der Waals surface area contributed by atoms with E-state index in [2.05, 4.69) is 63.3 Å². The van der Waals surface area contributed by atoms with E-state index < -0.39 is 0 Å². The Bertz CT molecular complexity index is 404. The van der Waals surface area contributed by atoms with Crippen LogP contribution in [0.3, 0.4) is 0 Å². The fourth-order valence-electron chi connectivity index (χ4n) is 3.46. The second-order valence-electron chi connectivity index (χ2n) is 7.41. The highest BCUT2D eigenvalue weighted by atomic mass is 14.9. The zero-order valence-corrected chi connectivity index (χ0v) is 16.4. The zero-order chi connectivity index (χ0) is 17.8. The van der Waals surface area contributed by atoms with E-state index in [9.17, 15) is 0 Å². The summed E-state index contributed by atoms with van der Waals surface area (Å²) in [6, 6.07) is 11.3. The molecule has 0 aliphatic carbocycles. The molecule has 0 radical (unpaired) electrons. The molecule has 0 aromatic heterocycles. The summed E-state index contributed by atoms with van der Waals surface area (Å²) >= 11 is 0. The SMILES string of the molecule is CCCCC(CC)CNC(C)CCC(CC)C(N)c1ccccc1. The third-order valence-electron chi connectivity index (χ3n) is 5.49. The lowest BCUT2D eigenvalue weighted by atomic mass is 9.87. The third-order valence-corrected chi connectivity index (χ3v) is 5.49. The minimum atomic E-state index is 0.163. The van der Waals surface area contributed by atoms with Crippen molar-refractivity contribution >= 4 is 0 Å². The van der Waals surface area contributed by atoms with Crippen LogP contribution in [0, 0.1) is 11.8 Å². The van der Waals surface area contributed by atoms with Gasteiger partial charge in [-0.1, -0.05) is 76.8 Å². The molecule has 2 nitrogen and oxygen atoms in total. The normalized spacial score (nSPS) is 16.5. The van der Waals surface area contributed by atoms with E-state index in [0.717, 1.165) is 12.3 Å². The van der Waals surface area contributed by atoms with Crippen molar-refractivity contribution in [3.05, 3.63) is 35.9 Å². The Hall–Kier alpha value is -0.860. The topological polar surface area (TPSA) is 38.0 Å². The molecule has 1 rings (SSSR count). The van der Waals surface area contributed by atoms with Crippen LogP contribution in [-0.4, -0.2) is 12.6 Å². The molecule has 1 aromatic carbocycles. The summed E-state index contributed by atoms with van der Waals surface area (Å²) in [5.41, 5.74) is 7.79. The molecule has 0 aliphatic heterocycles. The fraction of sp³-hybridized carbons (Fsp3) is 0.727. The van der Waals surface area contributed by atoms with Crippen LogP contribution in [0.4, 0.5) is 0 Å². The maximum absolute atomic E-state index is 6.51. The van der Waals surface area contributed by atoms with E-state index in [1.807, 2.05) is 0 Å². The van der Waals surface area contributed by atoms with Gasteiger partial charge in [0.25, 0.3) is 0 Å². The minimum Gasteiger partial charge on any atom is -0.324 e. The van der Waals surface area contributed by atoms with Gasteiger partial charge in [0.2, 0.25) is 0 Å². The lowest BCUT2D eigenvalue weighted by molar-refractivity contribution is 0.336. The molecule has 0 saturated carbocycles. The van der Waals surface area contributed by atoms with Gasteiger partial charge in [0, 0.05) is 12.1 Å². The van der Waals surface area contributed by atoms with E-state index >= 15 is 0 Å². The molecule has 0 fully saturated rings. The summed E-state index contributed by atoms with van der Waals surface area (Å²) in [5, 5.41) is 3.76. The molecule has 2 heteroatoms. The number of benzene rings is 1. The first-order chi connectivity index (χ1) is 11.6. The summed E-state index contributed by atoms with van der Waals surface area (Å²) in [6.07, 6.45) is 8.88. The Kier molecular flexibility index (Phi) is 11.0. The quantitative estimate of drug-likeness (QED) is 0.487. The molecule has 3 N–H and O–H groups in total. The van der Waals surface area contributed by atoms with Crippen molar-refractivity contribution in [2.75, 3.05) is 6.54 Å². The standard InChI is InChI=1S/C22H40N2/c1-5-8-12-19(6-2)17-24-18(4)15-16-20(7-3)22(23)21-13-10-9-11-14-21/h9-11,13-14,18-20,22,24H,5-8,12,15-17,23H2,1-4H3. The molecule has 0 saturated heterocycles. The summed E-state index contributed by atoms with van der Waals surface area (Å²) in [7, 11) is 0. The van der Waals surface area contributed by atoms with Crippen molar-refractivity contribution in [3.8, 4) is 0 Å². The number of hydrogen-bond donors (Lipinski definition) is 2.